The van der Waals surface area contributed by atoms with E-state index in [9.17, 15) is 14.3 Å². The van der Waals surface area contributed by atoms with Gasteiger partial charge in [-0.25, -0.2) is 4.39 Å². The Hall–Kier alpha value is -2.76. The molecule has 5 nitrogen and oxygen atoms in total. The molecule has 0 aliphatic rings. The van der Waals surface area contributed by atoms with Gasteiger partial charge in [-0.15, -0.1) is 0 Å². The zero-order valence-electron chi connectivity index (χ0n) is 9.72. The number of anilines is 2. The number of phenols is 2. The Labute approximate surface area is 108 Å². The van der Waals surface area contributed by atoms with Gasteiger partial charge < -0.3 is 21.3 Å². The largest absolute Gasteiger partial charge is 0.508 e. The molecule has 0 bridgehead atoms. The smallest absolute Gasteiger partial charge is 0.259 e. The van der Waals surface area contributed by atoms with Crippen molar-refractivity contribution in [3.8, 4) is 11.5 Å². The lowest BCUT2D eigenvalue weighted by atomic mass is 10.1. The summed E-state index contributed by atoms with van der Waals surface area (Å²) in [6.07, 6.45) is 0. The van der Waals surface area contributed by atoms with Gasteiger partial charge in [0.2, 0.25) is 0 Å². The average molecular weight is 262 g/mol. The molecule has 0 atom stereocenters. The second kappa shape index (κ2) is 4.85. The Morgan fingerprint density at radius 3 is 2.58 bits per heavy atom. The second-order valence-corrected chi connectivity index (χ2v) is 3.89. The van der Waals surface area contributed by atoms with E-state index in [1.54, 1.807) is 0 Å². The van der Waals surface area contributed by atoms with Crippen LogP contribution in [0.4, 0.5) is 15.8 Å². The number of hydrogen-bond acceptors (Lipinski definition) is 4. The molecule has 0 aliphatic heterocycles. The fraction of sp³-hybridized carbons (Fsp3) is 0. The van der Waals surface area contributed by atoms with E-state index in [-0.39, 0.29) is 17.0 Å². The number of nitrogen functional groups attached to an aromatic ring is 1. The van der Waals surface area contributed by atoms with Crippen LogP contribution in [0.15, 0.2) is 36.4 Å². The molecule has 2 rings (SSSR count). The number of phenolic OH excluding ortho intramolecular Hbond substituents is 2. The lowest BCUT2D eigenvalue weighted by Crippen LogP contribution is -2.13. The Morgan fingerprint density at radius 1 is 1.16 bits per heavy atom. The Bertz CT molecular complexity index is 644. The lowest BCUT2D eigenvalue weighted by Gasteiger charge is -2.08. The van der Waals surface area contributed by atoms with Gasteiger partial charge in [0, 0.05) is 11.8 Å². The number of nitrogens with two attached hydrogens (primary N) is 1. The van der Waals surface area contributed by atoms with E-state index in [0.717, 1.165) is 12.1 Å². The molecule has 0 radical (unpaired) electrons. The molecule has 0 heterocycles. The first kappa shape index (κ1) is 12.7. The third-order valence-electron chi connectivity index (χ3n) is 2.46. The maximum Gasteiger partial charge on any atom is 0.259 e. The van der Waals surface area contributed by atoms with E-state index in [1.807, 2.05) is 0 Å². The van der Waals surface area contributed by atoms with Crippen molar-refractivity contribution in [1.82, 2.24) is 0 Å². The number of carbonyl (C=O) groups is 1. The summed E-state index contributed by atoms with van der Waals surface area (Å²) < 4.78 is 13.4. The minimum absolute atomic E-state index is 0.0837. The predicted octanol–water partition coefficient (Wildman–Crippen LogP) is 2.07. The molecule has 0 aliphatic carbocycles. The number of hydrogen-bond donors (Lipinski definition) is 4. The molecule has 0 saturated heterocycles. The Balaban J connectivity index is 2.28. The molecule has 0 aromatic heterocycles. The van der Waals surface area contributed by atoms with Crippen LogP contribution in [0.25, 0.3) is 0 Å². The van der Waals surface area contributed by atoms with E-state index < -0.39 is 17.5 Å². The van der Waals surface area contributed by atoms with Gasteiger partial charge >= 0.3 is 0 Å². The number of aromatic hydroxyl groups is 2. The summed E-state index contributed by atoms with van der Waals surface area (Å²) in [4.78, 5) is 11.8. The van der Waals surface area contributed by atoms with Gasteiger partial charge in [-0.1, -0.05) is 0 Å². The SMILES string of the molecule is Nc1ccc(F)c(NC(=O)c2ccc(O)cc2O)c1. The van der Waals surface area contributed by atoms with Crippen molar-refractivity contribution in [1.29, 1.82) is 0 Å². The van der Waals surface area contributed by atoms with Crippen LogP contribution < -0.4 is 11.1 Å². The number of carbonyl (C=O) groups excluding carboxylic acids is 1. The highest BCUT2D eigenvalue weighted by atomic mass is 19.1. The average Bonchev–Trinajstić information content (AvgIpc) is 2.33. The van der Waals surface area contributed by atoms with Crippen LogP contribution in [-0.4, -0.2) is 16.1 Å². The highest BCUT2D eigenvalue weighted by Gasteiger charge is 2.13. The molecule has 0 saturated carbocycles. The van der Waals surface area contributed by atoms with Crippen LogP contribution in [0, 0.1) is 5.82 Å². The molecule has 2 aromatic rings. The maximum atomic E-state index is 13.4. The van der Waals surface area contributed by atoms with Crippen LogP contribution in [0.3, 0.4) is 0 Å². The maximum absolute atomic E-state index is 13.4. The summed E-state index contributed by atoms with van der Waals surface area (Å²) in [6, 6.07) is 7.24. The van der Waals surface area contributed by atoms with Gasteiger partial charge in [0.15, 0.2) is 0 Å². The summed E-state index contributed by atoms with van der Waals surface area (Å²) in [6.45, 7) is 0. The van der Waals surface area contributed by atoms with Crippen LogP contribution >= 0.6 is 0 Å². The third-order valence-corrected chi connectivity index (χ3v) is 2.46. The molecule has 19 heavy (non-hydrogen) atoms. The number of halogens is 1. The molecule has 6 heteroatoms. The highest BCUT2D eigenvalue weighted by Crippen LogP contribution is 2.24. The zero-order chi connectivity index (χ0) is 14.0. The summed E-state index contributed by atoms with van der Waals surface area (Å²) in [5.41, 5.74) is 5.62. The molecular weight excluding hydrogens is 251 g/mol. The quantitative estimate of drug-likeness (QED) is 0.623. The normalized spacial score (nSPS) is 10.2. The van der Waals surface area contributed by atoms with E-state index in [4.69, 9.17) is 10.8 Å². The lowest BCUT2D eigenvalue weighted by molar-refractivity contribution is 0.102. The molecular formula is C13H11FN2O3. The third kappa shape index (κ3) is 2.74. The highest BCUT2D eigenvalue weighted by molar-refractivity contribution is 6.06. The standard InChI is InChI=1S/C13H11FN2O3/c14-10-4-1-7(15)5-11(10)16-13(19)9-3-2-8(17)6-12(9)18/h1-6,17-18H,15H2,(H,16,19). The first-order valence-electron chi connectivity index (χ1n) is 5.36. The van der Waals surface area contributed by atoms with Crippen molar-refractivity contribution < 1.29 is 19.4 Å². The van der Waals surface area contributed by atoms with Crippen molar-refractivity contribution in [3.63, 3.8) is 0 Å². The first-order valence-corrected chi connectivity index (χ1v) is 5.36. The van der Waals surface area contributed by atoms with E-state index in [2.05, 4.69) is 5.32 Å². The van der Waals surface area contributed by atoms with Gasteiger partial charge in [0.25, 0.3) is 5.91 Å². The number of benzene rings is 2. The topological polar surface area (TPSA) is 95.6 Å². The Kier molecular flexibility index (Phi) is 3.24. The van der Waals surface area contributed by atoms with Crippen molar-refractivity contribution >= 4 is 17.3 Å². The first-order chi connectivity index (χ1) is 8.97. The fourth-order valence-corrected chi connectivity index (χ4v) is 1.54. The van der Waals surface area contributed by atoms with Crippen LogP contribution in [0.2, 0.25) is 0 Å². The van der Waals surface area contributed by atoms with Crippen molar-refractivity contribution in [2.75, 3.05) is 11.1 Å². The van der Waals surface area contributed by atoms with Gasteiger partial charge in [-0.2, -0.15) is 0 Å². The van der Waals surface area contributed by atoms with Crippen molar-refractivity contribution in [2.24, 2.45) is 0 Å². The van der Waals surface area contributed by atoms with E-state index in [1.165, 1.54) is 24.3 Å². The molecule has 0 spiro atoms. The predicted molar refractivity (Wildman–Crippen MR) is 68.5 cm³/mol. The minimum atomic E-state index is -0.706. The van der Waals surface area contributed by atoms with Crippen molar-refractivity contribution in [2.45, 2.75) is 0 Å². The number of amides is 1. The fourth-order valence-electron chi connectivity index (χ4n) is 1.54. The number of rotatable bonds is 2. The molecule has 0 unspecified atom stereocenters. The summed E-state index contributed by atoms with van der Waals surface area (Å²) >= 11 is 0. The van der Waals surface area contributed by atoms with Crippen LogP contribution in [-0.2, 0) is 0 Å². The monoisotopic (exact) mass is 262 g/mol. The van der Waals surface area contributed by atoms with Gasteiger partial charge in [-0.3, -0.25) is 4.79 Å². The molecule has 0 fully saturated rings. The van der Waals surface area contributed by atoms with E-state index >= 15 is 0 Å². The summed E-state index contributed by atoms with van der Waals surface area (Å²) in [5.74, 6) is -1.92. The molecule has 1 amide bonds. The van der Waals surface area contributed by atoms with E-state index in [0.29, 0.717) is 5.69 Å². The van der Waals surface area contributed by atoms with Crippen LogP contribution in [0.1, 0.15) is 10.4 Å². The zero-order valence-corrected chi connectivity index (χ0v) is 9.72. The van der Waals surface area contributed by atoms with Gasteiger partial charge in [0.05, 0.1) is 11.3 Å². The van der Waals surface area contributed by atoms with Crippen molar-refractivity contribution in [3.05, 3.63) is 47.8 Å². The molecule has 2 aromatic carbocycles. The van der Waals surface area contributed by atoms with Crippen LogP contribution in [0.5, 0.6) is 11.5 Å². The summed E-state index contributed by atoms with van der Waals surface area (Å²) in [7, 11) is 0. The Morgan fingerprint density at radius 2 is 1.89 bits per heavy atom. The minimum Gasteiger partial charge on any atom is -0.508 e. The molecule has 98 valence electrons. The van der Waals surface area contributed by atoms with Gasteiger partial charge in [0.1, 0.15) is 17.3 Å². The number of nitrogens with one attached hydrogen (secondary N) is 1. The van der Waals surface area contributed by atoms with Gasteiger partial charge in [-0.05, 0) is 30.3 Å². The molecule has 5 N–H and O–H groups in total. The second-order valence-electron chi connectivity index (χ2n) is 3.89. The summed E-state index contributed by atoms with van der Waals surface area (Å²) in [5, 5.41) is 20.9.